The van der Waals surface area contributed by atoms with E-state index in [-0.39, 0.29) is 23.8 Å². The van der Waals surface area contributed by atoms with Crippen molar-refractivity contribution in [3.8, 4) is 10.6 Å². The Morgan fingerprint density at radius 3 is 2.50 bits per heavy atom. The van der Waals surface area contributed by atoms with Crippen LogP contribution < -0.4 is 0 Å². The molecule has 1 aromatic carbocycles. The first-order chi connectivity index (χ1) is 11.5. The van der Waals surface area contributed by atoms with Gasteiger partial charge in [-0.2, -0.15) is 0 Å². The van der Waals surface area contributed by atoms with Crippen molar-refractivity contribution in [1.29, 1.82) is 0 Å². The predicted molar refractivity (Wildman–Crippen MR) is 96.5 cm³/mol. The largest absolute Gasteiger partial charge is 0.332 e. The van der Waals surface area contributed by atoms with E-state index in [0.29, 0.717) is 11.3 Å². The van der Waals surface area contributed by atoms with E-state index in [9.17, 15) is 9.59 Å². The summed E-state index contributed by atoms with van der Waals surface area (Å²) in [6.45, 7) is 5.76. The van der Waals surface area contributed by atoms with Crippen molar-refractivity contribution < 1.29 is 9.59 Å². The second kappa shape index (κ2) is 6.85. The van der Waals surface area contributed by atoms with E-state index in [1.807, 2.05) is 28.5 Å². The number of likely N-dealkylation sites (tertiary alicyclic amines) is 1. The molecule has 1 aliphatic rings. The third-order valence-electron chi connectivity index (χ3n) is 4.69. The number of Topliss-reactive ketones (excluding diaryl/α,β-unsaturated/α-hetero) is 1. The second-order valence-corrected chi connectivity index (χ2v) is 7.34. The second-order valence-electron chi connectivity index (χ2n) is 6.48. The number of hydrogen-bond acceptors (Lipinski definition) is 4. The summed E-state index contributed by atoms with van der Waals surface area (Å²) in [6.07, 6.45) is 3.25. The van der Waals surface area contributed by atoms with Crippen LogP contribution in [-0.4, -0.2) is 33.7 Å². The van der Waals surface area contributed by atoms with Crippen molar-refractivity contribution in [1.82, 2.24) is 9.88 Å². The van der Waals surface area contributed by atoms with E-state index >= 15 is 0 Å². The van der Waals surface area contributed by atoms with E-state index in [1.54, 1.807) is 13.0 Å². The van der Waals surface area contributed by atoms with Gasteiger partial charge in [0.2, 0.25) is 0 Å². The Hall–Kier alpha value is -2.01. The Kier molecular flexibility index (Phi) is 4.81. The molecule has 1 amide bonds. The van der Waals surface area contributed by atoms with Gasteiger partial charge in [0.05, 0.1) is 0 Å². The fourth-order valence-corrected chi connectivity index (χ4v) is 4.26. The van der Waals surface area contributed by atoms with Crippen LogP contribution in [0.4, 0.5) is 0 Å². The van der Waals surface area contributed by atoms with Crippen LogP contribution in [0.3, 0.4) is 0 Å². The molecule has 0 bridgehead atoms. The highest BCUT2D eigenvalue weighted by molar-refractivity contribution is 7.13. The van der Waals surface area contributed by atoms with Crippen LogP contribution in [0.1, 0.15) is 60.9 Å². The lowest BCUT2D eigenvalue weighted by molar-refractivity contribution is 0.0505. The molecular weight excluding hydrogens is 320 g/mol. The SMILES string of the molecule is CC(=O)c1ccccc1-c1nc(C(=O)N2C(C)CCCC2C)cs1. The summed E-state index contributed by atoms with van der Waals surface area (Å²) in [4.78, 5) is 31.2. The monoisotopic (exact) mass is 342 g/mol. The third kappa shape index (κ3) is 3.13. The van der Waals surface area contributed by atoms with Gasteiger partial charge < -0.3 is 4.90 Å². The summed E-state index contributed by atoms with van der Waals surface area (Å²) < 4.78 is 0. The summed E-state index contributed by atoms with van der Waals surface area (Å²) in [5.74, 6) is 0.00413. The lowest BCUT2D eigenvalue weighted by Gasteiger charge is -2.38. The molecule has 126 valence electrons. The van der Waals surface area contributed by atoms with Crippen molar-refractivity contribution in [2.45, 2.75) is 52.1 Å². The number of benzene rings is 1. The standard InChI is InChI=1S/C19H22N2O2S/c1-12-7-6-8-13(2)21(12)19(23)17-11-24-18(20-17)16-10-5-4-9-15(16)14(3)22/h4-5,9-13H,6-8H2,1-3H3. The van der Waals surface area contributed by atoms with Crippen molar-refractivity contribution in [3.05, 3.63) is 40.9 Å². The Morgan fingerprint density at radius 1 is 1.17 bits per heavy atom. The number of ketones is 1. The average molecular weight is 342 g/mol. The molecule has 0 aliphatic carbocycles. The molecule has 1 saturated heterocycles. The normalized spacial score (nSPS) is 20.9. The van der Waals surface area contributed by atoms with Gasteiger partial charge in [0.15, 0.2) is 5.78 Å². The first-order valence-electron chi connectivity index (χ1n) is 8.37. The van der Waals surface area contributed by atoms with E-state index in [2.05, 4.69) is 18.8 Å². The highest BCUT2D eigenvalue weighted by Gasteiger charge is 2.31. The number of amides is 1. The maximum absolute atomic E-state index is 12.9. The molecule has 0 radical (unpaired) electrons. The van der Waals surface area contributed by atoms with Crippen molar-refractivity contribution in [2.75, 3.05) is 0 Å². The zero-order valence-corrected chi connectivity index (χ0v) is 15.1. The third-order valence-corrected chi connectivity index (χ3v) is 5.56. The van der Waals surface area contributed by atoms with Crippen molar-refractivity contribution in [3.63, 3.8) is 0 Å². The fraction of sp³-hybridized carbons (Fsp3) is 0.421. The Balaban J connectivity index is 1.91. The van der Waals surface area contributed by atoms with Gasteiger partial charge in [0.1, 0.15) is 10.7 Å². The van der Waals surface area contributed by atoms with E-state index in [4.69, 9.17) is 0 Å². The van der Waals surface area contributed by atoms with E-state index < -0.39 is 0 Å². The fourth-order valence-electron chi connectivity index (χ4n) is 3.43. The van der Waals surface area contributed by atoms with Crippen LogP contribution in [0, 0.1) is 0 Å². The summed E-state index contributed by atoms with van der Waals surface area (Å²) in [5, 5.41) is 2.53. The number of carbonyl (C=O) groups is 2. The van der Waals surface area contributed by atoms with Crippen LogP contribution in [0.25, 0.3) is 10.6 Å². The number of nitrogens with zero attached hydrogens (tertiary/aromatic N) is 2. The molecule has 0 spiro atoms. The predicted octanol–water partition coefficient (Wildman–Crippen LogP) is 4.42. The first-order valence-corrected chi connectivity index (χ1v) is 9.25. The summed E-state index contributed by atoms with van der Waals surface area (Å²) in [7, 11) is 0. The summed E-state index contributed by atoms with van der Waals surface area (Å²) in [6, 6.07) is 7.91. The molecule has 2 atom stereocenters. The number of aromatic nitrogens is 1. The highest BCUT2D eigenvalue weighted by atomic mass is 32.1. The quantitative estimate of drug-likeness (QED) is 0.776. The molecule has 2 heterocycles. The number of piperidine rings is 1. The topological polar surface area (TPSA) is 50.3 Å². The molecule has 3 rings (SSSR count). The van der Waals surface area contributed by atoms with Gasteiger partial charge in [0.25, 0.3) is 5.91 Å². The zero-order valence-electron chi connectivity index (χ0n) is 14.3. The minimum Gasteiger partial charge on any atom is -0.332 e. The van der Waals surface area contributed by atoms with Gasteiger partial charge in [0, 0.05) is 28.6 Å². The highest BCUT2D eigenvalue weighted by Crippen LogP contribution is 2.30. The smallest absolute Gasteiger partial charge is 0.273 e. The molecule has 0 N–H and O–H groups in total. The van der Waals surface area contributed by atoms with Gasteiger partial charge in [-0.15, -0.1) is 11.3 Å². The number of rotatable bonds is 3. The first kappa shape index (κ1) is 16.8. The molecular formula is C19H22N2O2S. The summed E-state index contributed by atoms with van der Waals surface area (Å²) >= 11 is 1.42. The Morgan fingerprint density at radius 2 is 1.83 bits per heavy atom. The zero-order chi connectivity index (χ0) is 17.3. The van der Waals surface area contributed by atoms with Crippen molar-refractivity contribution >= 4 is 23.0 Å². The molecule has 0 saturated carbocycles. The van der Waals surface area contributed by atoms with Crippen LogP contribution in [-0.2, 0) is 0 Å². The Labute approximate surface area is 146 Å². The Bertz CT molecular complexity index is 758. The molecule has 1 aromatic heterocycles. The number of thiazole rings is 1. The maximum atomic E-state index is 12.9. The van der Waals surface area contributed by atoms with Gasteiger partial charge in [-0.3, -0.25) is 9.59 Å². The van der Waals surface area contributed by atoms with Crippen molar-refractivity contribution in [2.24, 2.45) is 0 Å². The van der Waals surface area contributed by atoms with Gasteiger partial charge in [-0.05, 0) is 40.0 Å². The van der Waals surface area contributed by atoms with Gasteiger partial charge in [-0.25, -0.2) is 4.98 Å². The molecule has 5 heteroatoms. The van der Waals surface area contributed by atoms with Gasteiger partial charge >= 0.3 is 0 Å². The van der Waals surface area contributed by atoms with Crippen LogP contribution in [0.5, 0.6) is 0 Å². The van der Waals surface area contributed by atoms with E-state index in [0.717, 1.165) is 23.4 Å². The minimum atomic E-state index is -0.00231. The molecule has 1 fully saturated rings. The maximum Gasteiger partial charge on any atom is 0.273 e. The molecule has 2 unspecified atom stereocenters. The molecule has 1 aliphatic heterocycles. The van der Waals surface area contributed by atoms with Gasteiger partial charge in [-0.1, -0.05) is 24.3 Å². The molecule has 2 aromatic rings. The molecule has 4 nitrogen and oxygen atoms in total. The van der Waals surface area contributed by atoms with E-state index in [1.165, 1.54) is 17.8 Å². The molecule has 24 heavy (non-hydrogen) atoms. The summed E-state index contributed by atoms with van der Waals surface area (Å²) in [5.41, 5.74) is 1.92. The van der Waals surface area contributed by atoms with Crippen LogP contribution in [0.15, 0.2) is 29.6 Å². The average Bonchev–Trinajstić information content (AvgIpc) is 3.04. The minimum absolute atomic E-state index is 0.00231. The van der Waals surface area contributed by atoms with Crippen LogP contribution >= 0.6 is 11.3 Å². The number of carbonyl (C=O) groups excluding carboxylic acids is 2. The lowest BCUT2D eigenvalue weighted by atomic mass is 9.97. The lowest BCUT2D eigenvalue weighted by Crippen LogP contribution is -2.47. The number of hydrogen-bond donors (Lipinski definition) is 0. The van der Waals surface area contributed by atoms with Crippen LogP contribution in [0.2, 0.25) is 0 Å².